The number of rotatable bonds is 4. The molecule has 3 heterocycles. The summed E-state index contributed by atoms with van der Waals surface area (Å²) in [6.07, 6.45) is 3.43. The van der Waals surface area contributed by atoms with Gasteiger partial charge >= 0.3 is 0 Å². The number of aryl methyl sites for hydroxylation is 1. The minimum atomic E-state index is -3.73. The molecule has 164 valence electrons. The second-order valence-electron chi connectivity index (χ2n) is 8.47. The van der Waals surface area contributed by atoms with E-state index in [2.05, 4.69) is 5.32 Å². The number of hydrogen-bond acceptors (Lipinski definition) is 4. The number of fused-ring (bicyclic) bond motifs is 1. The standard InChI is InChI=1S/C23H25N3O3S.ClH/c1-17-6-8-19(9-7-17)30(28,29)26-15-18(20-4-2-3-5-21(20)26)14-25-13-11-23(22(25)27)10-12-24-16-23;/h2-9,15,24H,10-14,16H2,1H3;1H. The van der Waals surface area contributed by atoms with E-state index in [1.54, 1.807) is 30.5 Å². The smallest absolute Gasteiger partial charge is 0.268 e. The van der Waals surface area contributed by atoms with Crippen molar-refractivity contribution in [3.05, 3.63) is 65.9 Å². The van der Waals surface area contributed by atoms with E-state index in [9.17, 15) is 13.2 Å². The Labute approximate surface area is 188 Å². The van der Waals surface area contributed by atoms with Crippen molar-refractivity contribution in [1.29, 1.82) is 0 Å². The first-order chi connectivity index (χ1) is 14.4. The van der Waals surface area contributed by atoms with Crippen LogP contribution in [0.15, 0.2) is 59.6 Å². The molecule has 6 nitrogen and oxygen atoms in total. The summed E-state index contributed by atoms with van der Waals surface area (Å²) in [7, 11) is -3.73. The molecule has 0 aliphatic carbocycles. The molecule has 2 aliphatic rings. The molecule has 1 atom stereocenters. The van der Waals surface area contributed by atoms with Crippen LogP contribution in [0.1, 0.15) is 24.0 Å². The van der Waals surface area contributed by atoms with Crippen LogP contribution in [0.3, 0.4) is 0 Å². The van der Waals surface area contributed by atoms with Gasteiger partial charge in [-0.05, 0) is 50.1 Å². The number of para-hydroxylation sites is 1. The lowest BCUT2D eigenvalue weighted by Crippen LogP contribution is -2.35. The highest BCUT2D eigenvalue weighted by Crippen LogP contribution is 2.38. The Hall–Kier alpha value is -2.35. The number of nitrogens with one attached hydrogen (secondary N) is 1. The van der Waals surface area contributed by atoms with E-state index >= 15 is 0 Å². The van der Waals surface area contributed by atoms with E-state index in [-0.39, 0.29) is 28.6 Å². The average molecular weight is 460 g/mol. The quantitative estimate of drug-likeness (QED) is 0.649. The maximum atomic E-state index is 13.4. The van der Waals surface area contributed by atoms with Gasteiger partial charge in [0.25, 0.3) is 10.0 Å². The number of carbonyl (C=O) groups excluding carboxylic acids is 1. The van der Waals surface area contributed by atoms with Crippen molar-refractivity contribution in [1.82, 2.24) is 14.2 Å². The summed E-state index contributed by atoms with van der Waals surface area (Å²) >= 11 is 0. The van der Waals surface area contributed by atoms with E-state index < -0.39 is 10.0 Å². The highest BCUT2D eigenvalue weighted by Gasteiger charge is 2.48. The minimum absolute atomic E-state index is 0. The zero-order valence-electron chi connectivity index (χ0n) is 17.4. The third-order valence-electron chi connectivity index (χ3n) is 6.54. The maximum Gasteiger partial charge on any atom is 0.268 e. The summed E-state index contributed by atoms with van der Waals surface area (Å²) in [5.41, 5.74) is 2.23. The summed E-state index contributed by atoms with van der Waals surface area (Å²) in [6, 6.07) is 14.4. The van der Waals surface area contributed by atoms with Gasteiger partial charge in [-0.2, -0.15) is 0 Å². The van der Waals surface area contributed by atoms with Gasteiger partial charge in [-0.25, -0.2) is 12.4 Å². The lowest BCUT2D eigenvalue weighted by molar-refractivity contribution is -0.135. The summed E-state index contributed by atoms with van der Waals surface area (Å²) in [6.45, 7) is 4.70. The molecular weight excluding hydrogens is 434 g/mol. The molecule has 5 rings (SSSR count). The number of likely N-dealkylation sites (tertiary alicyclic amines) is 1. The largest absolute Gasteiger partial charge is 0.338 e. The molecule has 1 aromatic heterocycles. The molecule has 2 fully saturated rings. The van der Waals surface area contributed by atoms with Gasteiger partial charge in [0.1, 0.15) is 0 Å². The lowest BCUT2D eigenvalue weighted by Gasteiger charge is -2.21. The topological polar surface area (TPSA) is 71.4 Å². The first-order valence-electron chi connectivity index (χ1n) is 10.3. The molecule has 1 unspecified atom stereocenters. The molecule has 1 N–H and O–H groups in total. The second kappa shape index (κ2) is 7.97. The molecule has 1 spiro atoms. The predicted octanol–water partition coefficient (Wildman–Crippen LogP) is 3.32. The van der Waals surface area contributed by atoms with Crippen LogP contribution >= 0.6 is 12.4 Å². The second-order valence-corrected chi connectivity index (χ2v) is 10.3. The van der Waals surface area contributed by atoms with Crippen molar-refractivity contribution in [3.8, 4) is 0 Å². The van der Waals surface area contributed by atoms with E-state index in [1.165, 1.54) is 3.97 Å². The highest BCUT2D eigenvalue weighted by molar-refractivity contribution is 7.90. The molecule has 2 saturated heterocycles. The van der Waals surface area contributed by atoms with E-state index in [1.807, 2.05) is 36.1 Å². The predicted molar refractivity (Wildman–Crippen MR) is 123 cm³/mol. The zero-order valence-corrected chi connectivity index (χ0v) is 19.0. The van der Waals surface area contributed by atoms with Crippen LogP contribution < -0.4 is 5.32 Å². The van der Waals surface area contributed by atoms with Crippen LogP contribution in [-0.2, 0) is 21.4 Å². The Morgan fingerprint density at radius 2 is 1.81 bits per heavy atom. The van der Waals surface area contributed by atoms with Gasteiger partial charge < -0.3 is 10.2 Å². The number of halogens is 1. The highest BCUT2D eigenvalue weighted by atomic mass is 35.5. The first-order valence-corrected chi connectivity index (χ1v) is 11.8. The number of hydrogen-bond donors (Lipinski definition) is 1. The minimum Gasteiger partial charge on any atom is -0.338 e. The Bertz CT molecular complexity index is 1230. The first kappa shape index (κ1) is 21.9. The Morgan fingerprint density at radius 1 is 1.06 bits per heavy atom. The molecule has 2 aliphatic heterocycles. The number of nitrogens with zero attached hydrogens (tertiary/aromatic N) is 2. The number of aromatic nitrogens is 1. The van der Waals surface area contributed by atoms with E-state index in [4.69, 9.17) is 0 Å². The summed E-state index contributed by atoms with van der Waals surface area (Å²) in [5, 5.41) is 4.18. The molecule has 8 heteroatoms. The Balaban J connectivity index is 0.00000231. The Morgan fingerprint density at radius 3 is 2.52 bits per heavy atom. The number of carbonyl (C=O) groups is 1. The Kier molecular flexibility index (Phi) is 5.62. The molecule has 3 aromatic rings. The zero-order chi connectivity index (χ0) is 20.9. The summed E-state index contributed by atoms with van der Waals surface area (Å²) < 4.78 is 28.1. The van der Waals surface area contributed by atoms with Gasteiger partial charge in [0.15, 0.2) is 0 Å². The van der Waals surface area contributed by atoms with Gasteiger partial charge in [0.05, 0.1) is 15.8 Å². The third-order valence-corrected chi connectivity index (χ3v) is 8.23. The van der Waals surface area contributed by atoms with Gasteiger partial charge in [-0.1, -0.05) is 35.9 Å². The van der Waals surface area contributed by atoms with Crippen molar-refractivity contribution in [2.24, 2.45) is 5.41 Å². The molecule has 0 bridgehead atoms. The molecule has 1 amide bonds. The fraction of sp³-hybridized carbons (Fsp3) is 0.348. The van der Waals surface area contributed by atoms with Gasteiger partial charge in [0, 0.05) is 31.2 Å². The monoisotopic (exact) mass is 459 g/mol. The van der Waals surface area contributed by atoms with Gasteiger partial charge in [-0.3, -0.25) is 4.79 Å². The van der Waals surface area contributed by atoms with Crippen LogP contribution in [0.4, 0.5) is 0 Å². The molecule has 2 aromatic carbocycles. The average Bonchev–Trinajstić information content (AvgIpc) is 3.44. The van der Waals surface area contributed by atoms with E-state index in [0.29, 0.717) is 18.6 Å². The van der Waals surface area contributed by atoms with Crippen LogP contribution in [0.25, 0.3) is 10.9 Å². The maximum absolute atomic E-state index is 13.4. The summed E-state index contributed by atoms with van der Waals surface area (Å²) in [5.74, 6) is 0.186. The molecular formula is C23H26ClN3O3S. The summed E-state index contributed by atoms with van der Waals surface area (Å²) in [4.78, 5) is 15.2. The van der Waals surface area contributed by atoms with Crippen LogP contribution in [-0.4, -0.2) is 42.8 Å². The van der Waals surface area contributed by atoms with Crippen molar-refractivity contribution >= 4 is 39.2 Å². The van der Waals surface area contributed by atoms with Crippen LogP contribution in [0, 0.1) is 12.3 Å². The molecule has 0 saturated carbocycles. The van der Waals surface area contributed by atoms with Crippen molar-refractivity contribution in [2.45, 2.75) is 31.2 Å². The SMILES string of the molecule is Cc1ccc(S(=O)(=O)n2cc(CN3CCC4(CCNC4)C3=O)c3ccccc32)cc1.Cl. The fourth-order valence-electron chi connectivity index (χ4n) is 4.76. The van der Waals surface area contributed by atoms with Gasteiger partial charge in [-0.15, -0.1) is 12.4 Å². The fourth-order valence-corrected chi connectivity index (χ4v) is 6.15. The van der Waals surface area contributed by atoms with E-state index in [0.717, 1.165) is 42.4 Å². The van der Waals surface area contributed by atoms with Crippen LogP contribution in [0.5, 0.6) is 0 Å². The lowest BCUT2D eigenvalue weighted by atomic mass is 9.86. The van der Waals surface area contributed by atoms with Crippen molar-refractivity contribution in [2.75, 3.05) is 19.6 Å². The van der Waals surface area contributed by atoms with Crippen molar-refractivity contribution in [3.63, 3.8) is 0 Å². The third kappa shape index (κ3) is 3.54. The van der Waals surface area contributed by atoms with Crippen molar-refractivity contribution < 1.29 is 13.2 Å². The number of amides is 1. The number of benzene rings is 2. The van der Waals surface area contributed by atoms with Gasteiger partial charge in [0.2, 0.25) is 5.91 Å². The normalized spacial score (nSPS) is 21.2. The van der Waals surface area contributed by atoms with Crippen LogP contribution in [0.2, 0.25) is 0 Å². The molecule has 31 heavy (non-hydrogen) atoms. The molecule has 0 radical (unpaired) electrons.